The van der Waals surface area contributed by atoms with Crippen LogP contribution in [0, 0.1) is 17.8 Å². The van der Waals surface area contributed by atoms with Crippen molar-refractivity contribution in [3.05, 3.63) is 12.2 Å². The van der Waals surface area contributed by atoms with E-state index in [0.29, 0.717) is 0 Å². The highest BCUT2D eigenvalue weighted by atomic mass is 14.2. The van der Waals surface area contributed by atoms with Gasteiger partial charge in [0.05, 0.1) is 0 Å². The molecule has 13 heavy (non-hydrogen) atoms. The summed E-state index contributed by atoms with van der Waals surface area (Å²) in [6.45, 7) is 6.99. The van der Waals surface area contributed by atoms with Crippen molar-refractivity contribution in [2.75, 3.05) is 0 Å². The van der Waals surface area contributed by atoms with E-state index in [-0.39, 0.29) is 0 Å². The van der Waals surface area contributed by atoms with E-state index in [4.69, 9.17) is 0 Å². The van der Waals surface area contributed by atoms with E-state index >= 15 is 0 Å². The molecule has 0 fully saturated rings. The second-order valence-electron chi connectivity index (χ2n) is 4.79. The van der Waals surface area contributed by atoms with Crippen LogP contribution in [0.25, 0.3) is 0 Å². The van der Waals surface area contributed by atoms with Crippen LogP contribution in [-0.2, 0) is 0 Å². The lowest BCUT2D eigenvalue weighted by Gasteiger charge is -2.21. The first kappa shape index (κ1) is 10.8. The minimum absolute atomic E-state index is 0.833. The maximum atomic E-state index is 2.45. The van der Waals surface area contributed by atoms with Crippen molar-refractivity contribution in [2.24, 2.45) is 17.8 Å². The first-order valence-electron chi connectivity index (χ1n) is 5.90. The van der Waals surface area contributed by atoms with E-state index in [1.54, 1.807) is 0 Å². The number of hydrogen-bond acceptors (Lipinski definition) is 0. The van der Waals surface area contributed by atoms with Gasteiger partial charge in [0.1, 0.15) is 0 Å². The Labute approximate surface area is 83.4 Å². The second kappa shape index (κ2) is 5.47. The quantitative estimate of drug-likeness (QED) is 0.562. The van der Waals surface area contributed by atoms with E-state index in [1.165, 1.54) is 32.1 Å². The van der Waals surface area contributed by atoms with Gasteiger partial charge in [-0.2, -0.15) is 0 Å². The predicted molar refractivity (Wildman–Crippen MR) is 59.7 cm³/mol. The summed E-state index contributed by atoms with van der Waals surface area (Å²) in [5, 5.41) is 0. The summed E-state index contributed by atoms with van der Waals surface area (Å²) in [5.41, 5.74) is 0. The maximum Gasteiger partial charge on any atom is -0.0233 e. The SMILES string of the molecule is CCC(C)CCC1C=CC(C)CC1. The van der Waals surface area contributed by atoms with Gasteiger partial charge in [-0.1, -0.05) is 45.8 Å². The normalized spacial score (nSPS) is 30.4. The van der Waals surface area contributed by atoms with Crippen LogP contribution in [0.3, 0.4) is 0 Å². The molecule has 0 aromatic carbocycles. The zero-order valence-electron chi connectivity index (χ0n) is 9.42. The third-order valence-corrected chi connectivity index (χ3v) is 3.43. The highest BCUT2D eigenvalue weighted by molar-refractivity contribution is 4.96. The molecule has 0 bridgehead atoms. The van der Waals surface area contributed by atoms with E-state index in [9.17, 15) is 0 Å². The van der Waals surface area contributed by atoms with Gasteiger partial charge in [0, 0.05) is 0 Å². The average Bonchev–Trinajstić information content (AvgIpc) is 2.16. The van der Waals surface area contributed by atoms with Gasteiger partial charge in [-0.3, -0.25) is 0 Å². The molecule has 0 spiro atoms. The molecule has 0 N–H and O–H groups in total. The summed E-state index contributed by atoms with van der Waals surface area (Å²) >= 11 is 0. The predicted octanol–water partition coefficient (Wildman–Crippen LogP) is 4.42. The van der Waals surface area contributed by atoms with Gasteiger partial charge in [-0.25, -0.2) is 0 Å². The fraction of sp³-hybridized carbons (Fsp3) is 0.846. The number of hydrogen-bond donors (Lipinski definition) is 0. The fourth-order valence-electron chi connectivity index (χ4n) is 1.96. The zero-order valence-corrected chi connectivity index (χ0v) is 9.42. The molecular formula is C13H24. The topological polar surface area (TPSA) is 0 Å². The maximum absolute atomic E-state index is 2.45. The zero-order chi connectivity index (χ0) is 9.68. The van der Waals surface area contributed by atoms with Gasteiger partial charge in [0.25, 0.3) is 0 Å². The minimum atomic E-state index is 0.833. The highest BCUT2D eigenvalue weighted by Crippen LogP contribution is 2.26. The average molecular weight is 180 g/mol. The Hall–Kier alpha value is -0.260. The molecule has 0 heteroatoms. The molecule has 0 aromatic rings. The van der Waals surface area contributed by atoms with Gasteiger partial charge in [-0.05, 0) is 37.0 Å². The molecule has 0 saturated heterocycles. The van der Waals surface area contributed by atoms with Crippen LogP contribution in [0.5, 0.6) is 0 Å². The monoisotopic (exact) mass is 180 g/mol. The van der Waals surface area contributed by atoms with E-state index < -0.39 is 0 Å². The molecule has 0 saturated carbocycles. The molecule has 1 aliphatic rings. The van der Waals surface area contributed by atoms with Crippen molar-refractivity contribution in [1.82, 2.24) is 0 Å². The molecule has 0 amide bonds. The van der Waals surface area contributed by atoms with Gasteiger partial charge in [0.2, 0.25) is 0 Å². The summed E-state index contributed by atoms with van der Waals surface area (Å²) < 4.78 is 0. The molecule has 1 rings (SSSR count). The summed E-state index contributed by atoms with van der Waals surface area (Å²) in [5.74, 6) is 2.65. The Morgan fingerprint density at radius 2 is 2.08 bits per heavy atom. The summed E-state index contributed by atoms with van der Waals surface area (Å²) in [6, 6.07) is 0. The highest BCUT2D eigenvalue weighted by Gasteiger charge is 2.12. The van der Waals surface area contributed by atoms with Crippen LogP contribution >= 0.6 is 0 Å². The molecule has 1 aliphatic carbocycles. The first-order chi connectivity index (χ1) is 6.22. The fourth-order valence-corrected chi connectivity index (χ4v) is 1.96. The van der Waals surface area contributed by atoms with Crippen LogP contribution < -0.4 is 0 Å². The molecule has 3 atom stereocenters. The lowest BCUT2D eigenvalue weighted by atomic mass is 9.85. The third kappa shape index (κ3) is 3.97. The van der Waals surface area contributed by atoms with Crippen LogP contribution in [0.2, 0.25) is 0 Å². The Kier molecular flexibility index (Phi) is 4.55. The molecule has 0 radical (unpaired) electrons. The lowest BCUT2D eigenvalue weighted by molar-refractivity contribution is 0.398. The largest absolute Gasteiger partial charge is 0.0854 e. The van der Waals surface area contributed by atoms with Crippen LogP contribution in [-0.4, -0.2) is 0 Å². The summed E-state index contributed by atoms with van der Waals surface area (Å²) in [4.78, 5) is 0. The lowest BCUT2D eigenvalue weighted by Crippen LogP contribution is -2.07. The van der Waals surface area contributed by atoms with E-state index in [1.807, 2.05) is 0 Å². The minimum Gasteiger partial charge on any atom is -0.0854 e. The van der Waals surface area contributed by atoms with E-state index in [2.05, 4.69) is 32.9 Å². The van der Waals surface area contributed by atoms with Gasteiger partial charge >= 0.3 is 0 Å². The molecule has 76 valence electrons. The van der Waals surface area contributed by atoms with Crippen molar-refractivity contribution in [1.29, 1.82) is 0 Å². The van der Waals surface area contributed by atoms with Gasteiger partial charge < -0.3 is 0 Å². The van der Waals surface area contributed by atoms with Crippen LogP contribution in [0.4, 0.5) is 0 Å². The summed E-state index contributed by atoms with van der Waals surface area (Å²) in [7, 11) is 0. The van der Waals surface area contributed by atoms with E-state index in [0.717, 1.165) is 17.8 Å². The standard InChI is InChI=1S/C13H24/c1-4-11(2)5-8-13-9-6-12(3)7-10-13/h6,9,11-13H,4-5,7-8,10H2,1-3H3. The van der Waals surface area contributed by atoms with Gasteiger partial charge in [0.15, 0.2) is 0 Å². The van der Waals surface area contributed by atoms with Crippen molar-refractivity contribution in [2.45, 2.75) is 52.9 Å². The molecule has 0 aromatic heterocycles. The van der Waals surface area contributed by atoms with Crippen molar-refractivity contribution < 1.29 is 0 Å². The van der Waals surface area contributed by atoms with Crippen LogP contribution in [0.1, 0.15) is 52.9 Å². The molecule has 0 nitrogen and oxygen atoms in total. The molecule has 0 aliphatic heterocycles. The number of allylic oxidation sites excluding steroid dienone is 2. The molecule has 0 heterocycles. The first-order valence-corrected chi connectivity index (χ1v) is 5.90. The van der Waals surface area contributed by atoms with Crippen LogP contribution in [0.15, 0.2) is 12.2 Å². The molecular weight excluding hydrogens is 156 g/mol. The Bertz CT molecular complexity index is 157. The Balaban J connectivity index is 2.19. The smallest absolute Gasteiger partial charge is 0.0233 e. The van der Waals surface area contributed by atoms with Crippen molar-refractivity contribution in [3.8, 4) is 0 Å². The Morgan fingerprint density at radius 1 is 1.31 bits per heavy atom. The van der Waals surface area contributed by atoms with Crippen molar-refractivity contribution >= 4 is 0 Å². The summed E-state index contributed by atoms with van der Waals surface area (Å²) in [6.07, 6.45) is 11.9. The van der Waals surface area contributed by atoms with Crippen molar-refractivity contribution in [3.63, 3.8) is 0 Å². The third-order valence-electron chi connectivity index (χ3n) is 3.43. The molecule has 3 unspecified atom stereocenters. The second-order valence-corrected chi connectivity index (χ2v) is 4.79. The van der Waals surface area contributed by atoms with Gasteiger partial charge in [-0.15, -0.1) is 0 Å². The Morgan fingerprint density at radius 3 is 2.62 bits per heavy atom. The number of rotatable bonds is 4.